The summed E-state index contributed by atoms with van der Waals surface area (Å²) in [5, 5.41) is 0. The molecule has 0 radical (unpaired) electrons. The summed E-state index contributed by atoms with van der Waals surface area (Å²) in [6, 6.07) is 0.263. The highest BCUT2D eigenvalue weighted by Crippen LogP contribution is 2.23. The molecule has 1 aliphatic rings. The first-order chi connectivity index (χ1) is 8.29. The van der Waals surface area contributed by atoms with E-state index in [-0.39, 0.29) is 6.04 Å². The fourth-order valence-electron chi connectivity index (χ4n) is 2.74. The van der Waals surface area contributed by atoms with E-state index < -0.39 is 10.0 Å². The molecular weight excluding hydrogens is 248 g/mol. The molecule has 2 N–H and O–H groups in total. The Morgan fingerprint density at radius 2 is 2.06 bits per heavy atom. The summed E-state index contributed by atoms with van der Waals surface area (Å²) in [6.45, 7) is 5.75. The van der Waals surface area contributed by atoms with Crippen LogP contribution in [-0.2, 0) is 10.0 Å². The molecule has 2 unspecified atom stereocenters. The molecule has 0 amide bonds. The van der Waals surface area contributed by atoms with Crippen LogP contribution in [0.5, 0.6) is 0 Å². The van der Waals surface area contributed by atoms with Gasteiger partial charge in [-0.1, -0.05) is 13.8 Å². The molecular formula is C13H28N2O2S. The normalized spacial score (nSPS) is 24.4. The summed E-state index contributed by atoms with van der Waals surface area (Å²) >= 11 is 0. The zero-order valence-corrected chi connectivity index (χ0v) is 12.7. The minimum atomic E-state index is -3.01. The summed E-state index contributed by atoms with van der Waals surface area (Å²) in [7, 11) is -3.01. The molecule has 1 fully saturated rings. The second-order valence-corrected chi connectivity index (χ2v) is 8.08. The number of hydrogen-bond donors (Lipinski definition) is 1. The van der Waals surface area contributed by atoms with Crippen LogP contribution < -0.4 is 5.73 Å². The van der Waals surface area contributed by atoms with Crippen molar-refractivity contribution in [3.63, 3.8) is 0 Å². The lowest BCUT2D eigenvalue weighted by Gasteiger charge is -2.31. The topological polar surface area (TPSA) is 63.4 Å². The molecule has 0 aromatic heterocycles. The monoisotopic (exact) mass is 276 g/mol. The third-order valence-electron chi connectivity index (χ3n) is 3.67. The summed E-state index contributed by atoms with van der Waals surface area (Å²) in [6.07, 6.45) is 6.56. The van der Waals surface area contributed by atoms with E-state index in [1.807, 2.05) is 0 Å². The van der Waals surface area contributed by atoms with E-state index >= 15 is 0 Å². The number of piperidine rings is 1. The maximum Gasteiger partial charge on any atom is 0.211 e. The van der Waals surface area contributed by atoms with Crippen LogP contribution in [0, 0.1) is 11.8 Å². The van der Waals surface area contributed by atoms with Crippen LogP contribution in [0.25, 0.3) is 0 Å². The van der Waals surface area contributed by atoms with Crippen molar-refractivity contribution in [1.82, 2.24) is 4.31 Å². The Labute approximate surface area is 112 Å². The van der Waals surface area contributed by atoms with E-state index in [2.05, 4.69) is 13.8 Å². The van der Waals surface area contributed by atoms with Crippen molar-refractivity contribution in [1.29, 1.82) is 0 Å². The molecule has 0 spiro atoms. The van der Waals surface area contributed by atoms with Gasteiger partial charge in [0, 0.05) is 19.1 Å². The highest BCUT2D eigenvalue weighted by atomic mass is 32.2. The van der Waals surface area contributed by atoms with Gasteiger partial charge < -0.3 is 5.73 Å². The zero-order valence-electron chi connectivity index (χ0n) is 11.9. The summed E-state index contributed by atoms with van der Waals surface area (Å²) in [5.41, 5.74) is 6.08. The van der Waals surface area contributed by atoms with E-state index in [0.29, 0.717) is 24.9 Å². The molecule has 1 saturated heterocycles. The first kappa shape index (κ1) is 15.9. The molecule has 18 heavy (non-hydrogen) atoms. The predicted molar refractivity (Wildman–Crippen MR) is 75.8 cm³/mol. The first-order valence-electron chi connectivity index (χ1n) is 6.99. The zero-order chi connectivity index (χ0) is 13.8. The van der Waals surface area contributed by atoms with Crippen LogP contribution in [0.2, 0.25) is 0 Å². The van der Waals surface area contributed by atoms with Gasteiger partial charge in [-0.15, -0.1) is 0 Å². The van der Waals surface area contributed by atoms with Crippen LogP contribution in [0.15, 0.2) is 0 Å². The van der Waals surface area contributed by atoms with E-state index in [9.17, 15) is 8.42 Å². The summed E-state index contributed by atoms with van der Waals surface area (Å²) in [5.74, 6) is 1.13. The lowest BCUT2D eigenvalue weighted by atomic mass is 9.91. The maximum atomic E-state index is 11.5. The van der Waals surface area contributed by atoms with Crippen molar-refractivity contribution in [2.45, 2.75) is 52.0 Å². The number of rotatable bonds is 6. The number of hydrogen-bond acceptors (Lipinski definition) is 3. The van der Waals surface area contributed by atoms with Crippen LogP contribution in [0.4, 0.5) is 0 Å². The maximum absolute atomic E-state index is 11.5. The average molecular weight is 276 g/mol. The molecule has 108 valence electrons. The molecule has 1 heterocycles. The van der Waals surface area contributed by atoms with Gasteiger partial charge in [-0.2, -0.15) is 0 Å². The summed E-state index contributed by atoms with van der Waals surface area (Å²) < 4.78 is 24.7. The largest absolute Gasteiger partial charge is 0.328 e. The smallest absolute Gasteiger partial charge is 0.211 e. The lowest BCUT2D eigenvalue weighted by Crippen LogP contribution is -2.39. The molecule has 4 nitrogen and oxygen atoms in total. The minimum Gasteiger partial charge on any atom is -0.328 e. The van der Waals surface area contributed by atoms with Crippen molar-refractivity contribution < 1.29 is 8.42 Å². The van der Waals surface area contributed by atoms with E-state index in [1.54, 1.807) is 4.31 Å². The Bertz CT molecular complexity index is 341. The van der Waals surface area contributed by atoms with Gasteiger partial charge >= 0.3 is 0 Å². The number of nitrogens with two attached hydrogens (primary N) is 1. The van der Waals surface area contributed by atoms with E-state index in [1.165, 1.54) is 6.26 Å². The summed E-state index contributed by atoms with van der Waals surface area (Å²) in [4.78, 5) is 0. The van der Waals surface area contributed by atoms with Crippen LogP contribution in [0.3, 0.4) is 0 Å². The van der Waals surface area contributed by atoms with Gasteiger partial charge in [0.15, 0.2) is 0 Å². The van der Waals surface area contributed by atoms with Gasteiger partial charge in [0.25, 0.3) is 0 Å². The molecule has 1 rings (SSSR count). The molecule has 2 atom stereocenters. The molecule has 0 saturated carbocycles. The quantitative estimate of drug-likeness (QED) is 0.805. The average Bonchev–Trinajstić information content (AvgIpc) is 2.25. The van der Waals surface area contributed by atoms with Gasteiger partial charge in [0.2, 0.25) is 10.0 Å². The van der Waals surface area contributed by atoms with E-state index in [4.69, 9.17) is 5.73 Å². The number of sulfonamides is 1. The second-order valence-electron chi connectivity index (χ2n) is 6.10. The Kier molecular flexibility index (Phi) is 6.08. The number of nitrogens with zero attached hydrogens (tertiary/aromatic N) is 1. The van der Waals surface area contributed by atoms with Gasteiger partial charge in [-0.3, -0.25) is 0 Å². The predicted octanol–water partition coefficient (Wildman–Crippen LogP) is 1.81. The van der Waals surface area contributed by atoms with Gasteiger partial charge in [-0.25, -0.2) is 12.7 Å². The highest BCUT2D eigenvalue weighted by Gasteiger charge is 2.25. The Morgan fingerprint density at radius 3 is 2.61 bits per heavy atom. The third-order valence-corrected chi connectivity index (χ3v) is 4.94. The standard InChI is InChI=1S/C13H28N2O2S/c1-11(2)9-13(14)7-6-12-5-4-8-15(10-12)18(3,16)17/h11-13H,4-10,14H2,1-3H3. The van der Waals surface area contributed by atoms with Gasteiger partial charge in [-0.05, 0) is 43.9 Å². The van der Waals surface area contributed by atoms with Crippen molar-refractivity contribution in [2.24, 2.45) is 17.6 Å². The molecule has 0 aliphatic carbocycles. The fraction of sp³-hybridized carbons (Fsp3) is 1.00. The molecule has 0 aromatic rings. The fourth-order valence-corrected chi connectivity index (χ4v) is 3.68. The Hall–Kier alpha value is -0.130. The van der Waals surface area contributed by atoms with Crippen molar-refractivity contribution >= 4 is 10.0 Å². The van der Waals surface area contributed by atoms with Gasteiger partial charge in [0.05, 0.1) is 6.26 Å². The third kappa shape index (κ3) is 5.67. The second kappa shape index (κ2) is 6.87. The van der Waals surface area contributed by atoms with Gasteiger partial charge in [0.1, 0.15) is 0 Å². The van der Waals surface area contributed by atoms with E-state index in [0.717, 1.165) is 32.1 Å². The SMILES string of the molecule is CC(C)CC(N)CCC1CCCN(S(C)(=O)=O)C1. The van der Waals surface area contributed by atoms with Crippen molar-refractivity contribution in [2.75, 3.05) is 19.3 Å². The van der Waals surface area contributed by atoms with Crippen molar-refractivity contribution in [3.8, 4) is 0 Å². The Morgan fingerprint density at radius 1 is 1.39 bits per heavy atom. The lowest BCUT2D eigenvalue weighted by molar-refractivity contribution is 0.247. The first-order valence-corrected chi connectivity index (χ1v) is 8.84. The molecule has 5 heteroatoms. The Balaban J connectivity index is 2.35. The van der Waals surface area contributed by atoms with Crippen LogP contribution in [0.1, 0.15) is 46.0 Å². The molecule has 0 bridgehead atoms. The van der Waals surface area contributed by atoms with Crippen LogP contribution in [-0.4, -0.2) is 38.1 Å². The minimum absolute atomic E-state index is 0.263. The molecule has 0 aromatic carbocycles. The van der Waals surface area contributed by atoms with Crippen LogP contribution >= 0.6 is 0 Å². The van der Waals surface area contributed by atoms with Crippen molar-refractivity contribution in [3.05, 3.63) is 0 Å². The molecule has 1 aliphatic heterocycles. The highest BCUT2D eigenvalue weighted by molar-refractivity contribution is 7.88.